The van der Waals surface area contributed by atoms with Crippen LogP contribution in [0.25, 0.3) is 0 Å². The van der Waals surface area contributed by atoms with Gasteiger partial charge in [-0.25, -0.2) is 4.79 Å². The molecule has 0 N–H and O–H groups in total. The van der Waals surface area contributed by atoms with Gasteiger partial charge in [-0.3, -0.25) is 4.79 Å². The zero-order valence-corrected chi connectivity index (χ0v) is 14.2. The van der Waals surface area contributed by atoms with E-state index in [-0.39, 0.29) is 27.5 Å². The van der Waals surface area contributed by atoms with Crippen LogP contribution in [0.1, 0.15) is 40.5 Å². The van der Waals surface area contributed by atoms with Crippen molar-refractivity contribution in [3.05, 3.63) is 0 Å². The van der Waals surface area contributed by atoms with Crippen LogP contribution in [0.2, 0.25) is 0 Å². The summed E-state index contributed by atoms with van der Waals surface area (Å²) in [5, 5.41) is 0. The van der Waals surface area contributed by atoms with Gasteiger partial charge in [-0.1, -0.05) is 20.8 Å². The molecule has 1 amide bonds. The maximum Gasteiger partial charge on any atom is 0.329 e. The summed E-state index contributed by atoms with van der Waals surface area (Å²) in [6.07, 6.45) is 1.38. The van der Waals surface area contributed by atoms with E-state index in [1.165, 1.54) is 0 Å². The number of ether oxygens (including phenoxy) is 1. The Bertz CT molecular complexity index is 408. The second-order valence-electron chi connectivity index (χ2n) is 6.39. The minimum Gasteiger partial charge on any atom is -0.463 e. The van der Waals surface area contributed by atoms with E-state index in [0.29, 0.717) is 18.8 Å². The summed E-state index contributed by atoms with van der Waals surface area (Å²) >= 11 is 3.47. The van der Waals surface area contributed by atoms with Crippen LogP contribution in [0, 0.1) is 0 Å². The van der Waals surface area contributed by atoms with Gasteiger partial charge < -0.3 is 9.64 Å². The molecule has 2 fully saturated rings. The van der Waals surface area contributed by atoms with Crippen LogP contribution < -0.4 is 0 Å². The van der Waals surface area contributed by atoms with Crippen molar-refractivity contribution >= 4 is 35.4 Å². The van der Waals surface area contributed by atoms with E-state index in [1.54, 1.807) is 28.4 Å². The lowest BCUT2D eigenvalue weighted by Crippen LogP contribution is -2.46. The van der Waals surface area contributed by atoms with Crippen molar-refractivity contribution in [2.75, 3.05) is 18.1 Å². The Hall–Kier alpha value is -0.360. The van der Waals surface area contributed by atoms with Gasteiger partial charge in [0, 0.05) is 22.7 Å². The van der Waals surface area contributed by atoms with Crippen molar-refractivity contribution in [3.8, 4) is 0 Å². The second-order valence-corrected chi connectivity index (χ2v) is 9.82. The minimum atomic E-state index is -0.389. The highest BCUT2D eigenvalue weighted by Crippen LogP contribution is 2.47. The summed E-state index contributed by atoms with van der Waals surface area (Å²) in [7, 11) is 0. The average molecular weight is 317 g/mol. The molecule has 4 nitrogen and oxygen atoms in total. The van der Waals surface area contributed by atoms with Gasteiger partial charge in [0.15, 0.2) is 0 Å². The molecule has 2 saturated heterocycles. The molecular formula is C14H23NO3S2. The Kier molecular flexibility index (Phi) is 4.64. The third-order valence-electron chi connectivity index (χ3n) is 3.58. The summed E-state index contributed by atoms with van der Waals surface area (Å²) in [4.78, 5) is 25.7. The number of hydrogen-bond donors (Lipinski definition) is 0. The Balaban J connectivity index is 1.83. The van der Waals surface area contributed by atoms with Crippen molar-refractivity contribution < 1.29 is 14.3 Å². The third kappa shape index (κ3) is 3.45. The van der Waals surface area contributed by atoms with Crippen molar-refractivity contribution in [1.29, 1.82) is 0 Å². The average Bonchev–Trinajstić information content (AvgIpc) is 2.81. The van der Waals surface area contributed by atoms with Crippen molar-refractivity contribution in [2.45, 2.75) is 56.2 Å². The largest absolute Gasteiger partial charge is 0.463 e. The van der Waals surface area contributed by atoms with E-state index in [0.717, 1.165) is 12.2 Å². The standard InChI is InChI=1S/C14H23NO3S2/c1-13(2,3)19-8-7-18-12(17)10-9-20-14(4)6-5-11(16)15(10)14/h10H,5-9H2,1-4H3. The summed E-state index contributed by atoms with van der Waals surface area (Å²) in [5.74, 6) is 1.29. The van der Waals surface area contributed by atoms with Gasteiger partial charge in [0.05, 0.1) is 4.87 Å². The summed E-state index contributed by atoms with van der Waals surface area (Å²) < 4.78 is 5.54. The molecule has 2 atom stereocenters. The van der Waals surface area contributed by atoms with Gasteiger partial charge in [0.1, 0.15) is 12.6 Å². The molecule has 114 valence electrons. The van der Waals surface area contributed by atoms with E-state index < -0.39 is 0 Å². The normalized spacial score (nSPS) is 29.7. The number of hydrogen-bond acceptors (Lipinski definition) is 5. The number of esters is 1. The number of carbonyl (C=O) groups is 2. The lowest BCUT2D eigenvalue weighted by atomic mass is 10.2. The molecule has 6 heteroatoms. The number of thioether (sulfide) groups is 2. The van der Waals surface area contributed by atoms with Gasteiger partial charge in [-0.2, -0.15) is 11.8 Å². The zero-order chi connectivity index (χ0) is 15.0. The van der Waals surface area contributed by atoms with Gasteiger partial charge in [0.25, 0.3) is 0 Å². The van der Waals surface area contributed by atoms with Crippen molar-refractivity contribution in [3.63, 3.8) is 0 Å². The second kappa shape index (κ2) is 5.79. The number of carbonyl (C=O) groups excluding carboxylic acids is 2. The number of amides is 1. The highest BCUT2D eigenvalue weighted by Gasteiger charge is 2.53. The predicted molar refractivity (Wildman–Crippen MR) is 83.9 cm³/mol. The highest BCUT2D eigenvalue weighted by molar-refractivity contribution is 8.01. The summed E-state index contributed by atoms with van der Waals surface area (Å²) in [6, 6.07) is -0.389. The molecule has 0 aromatic heterocycles. The monoisotopic (exact) mass is 317 g/mol. The van der Waals surface area contributed by atoms with Crippen molar-refractivity contribution in [1.82, 2.24) is 4.90 Å². The molecule has 0 aromatic carbocycles. The van der Waals surface area contributed by atoms with Crippen LogP contribution in [-0.2, 0) is 14.3 Å². The molecule has 0 aromatic rings. The van der Waals surface area contributed by atoms with Crippen molar-refractivity contribution in [2.24, 2.45) is 0 Å². The summed E-state index contributed by atoms with van der Waals surface area (Å²) in [6.45, 7) is 8.89. The van der Waals surface area contributed by atoms with Gasteiger partial charge in [-0.05, 0) is 13.3 Å². The quantitative estimate of drug-likeness (QED) is 0.589. The predicted octanol–water partition coefficient (Wildman–Crippen LogP) is 2.52. The van der Waals surface area contributed by atoms with E-state index in [2.05, 4.69) is 20.8 Å². The molecule has 2 unspecified atom stereocenters. The topological polar surface area (TPSA) is 46.6 Å². The Morgan fingerprint density at radius 1 is 1.55 bits per heavy atom. The first-order valence-corrected chi connectivity index (χ1v) is 8.97. The van der Waals surface area contributed by atoms with Crippen LogP contribution in [0.4, 0.5) is 0 Å². The molecule has 2 aliphatic heterocycles. The zero-order valence-electron chi connectivity index (χ0n) is 12.6. The molecule has 0 aliphatic carbocycles. The van der Waals surface area contributed by atoms with E-state index >= 15 is 0 Å². The van der Waals surface area contributed by atoms with Crippen LogP contribution in [0.5, 0.6) is 0 Å². The first kappa shape index (κ1) is 16.0. The molecule has 20 heavy (non-hydrogen) atoms. The fraction of sp³-hybridized carbons (Fsp3) is 0.857. The third-order valence-corrected chi connectivity index (χ3v) is 6.32. The van der Waals surface area contributed by atoms with Gasteiger partial charge in [0.2, 0.25) is 5.91 Å². The molecule has 2 aliphatic rings. The molecular weight excluding hydrogens is 294 g/mol. The van der Waals surface area contributed by atoms with Crippen LogP contribution in [0.3, 0.4) is 0 Å². The lowest BCUT2D eigenvalue weighted by molar-refractivity contribution is -0.153. The Morgan fingerprint density at radius 2 is 2.25 bits per heavy atom. The van der Waals surface area contributed by atoms with Crippen LogP contribution >= 0.6 is 23.5 Å². The maximum atomic E-state index is 12.2. The highest BCUT2D eigenvalue weighted by atomic mass is 32.2. The first-order chi connectivity index (χ1) is 9.23. The minimum absolute atomic E-state index is 0.0866. The fourth-order valence-electron chi connectivity index (χ4n) is 2.58. The smallest absolute Gasteiger partial charge is 0.329 e. The summed E-state index contributed by atoms with van der Waals surface area (Å²) in [5.41, 5.74) is 0. The van der Waals surface area contributed by atoms with E-state index in [9.17, 15) is 9.59 Å². The molecule has 0 radical (unpaired) electrons. The Labute approximate surface area is 129 Å². The molecule has 2 heterocycles. The fourth-order valence-corrected chi connectivity index (χ4v) is 4.78. The number of fused-ring (bicyclic) bond motifs is 1. The van der Waals surface area contributed by atoms with Gasteiger partial charge in [-0.15, -0.1) is 11.8 Å². The maximum absolute atomic E-state index is 12.2. The Morgan fingerprint density at radius 3 is 2.90 bits per heavy atom. The number of nitrogens with zero attached hydrogens (tertiary/aromatic N) is 1. The molecule has 2 rings (SSSR count). The van der Waals surface area contributed by atoms with E-state index in [4.69, 9.17) is 4.74 Å². The SMILES string of the molecule is CC(C)(C)SCCOC(=O)C1CSC2(C)CCC(=O)N12. The van der Waals surface area contributed by atoms with Crippen LogP contribution in [0.15, 0.2) is 0 Å². The molecule has 0 bridgehead atoms. The lowest BCUT2D eigenvalue weighted by Gasteiger charge is -2.29. The van der Waals surface area contributed by atoms with Gasteiger partial charge >= 0.3 is 5.97 Å². The first-order valence-electron chi connectivity index (χ1n) is 7.00. The molecule has 0 spiro atoms. The molecule has 0 saturated carbocycles. The van der Waals surface area contributed by atoms with Crippen LogP contribution in [-0.4, -0.2) is 50.5 Å². The number of rotatable bonds is 4. The van der Waals surface area contributed by atoms with E-state index in [1.807, 2.05) is 6.92 Å².